The first-order chi connectivity index (χ1) is 8.50. The number of para-hydroxylation sites is 1. The molecule has 18 heavy (non-hydrogen) atoms. The van der Waals surface area contributed by atoms with Crippen molar-refractivity contribution in [3.05, 3.63) is 36.0 Å². The minimum absolute atomic E-state index is 0.364. The van der Waals surface area contributed by atoms with Gasteiger partial charge in [0.1, 0.15) is 0 Å². The van der Waals surface area contributed by atoms with Crippen LogP contribution in [0.2, 0.25) is 0 Å². The quantitative estimate of drug-likeness (QED) is 0.788. The lowest BCUT2D eigenvalue weighted by molar-refractivity contribution is -0.143. The molecule has 5 heteroatoms. The van der Waals surface area contributed by atoms with E-state index in [2.05, 4.69) is 0 Å². The molecule has 2 aromatic rings. The fourth-order valence-electron chi connectivity index (χ4n) is 2.07. The van der Waals surface area contributed by atoms with Gasteiger partial charge < -0.3 is 15.2 Å². The van der Waals surface area contributed by atoms with Crippen LogP contribution in [0.15, 0.2) is 30.5 Å². The Morgan fingerprint density at radius 2 is 2.00 bits per heavy atom. The molecule has 94 valence electrons. The molecular weight excluding hydrogens is 230 g/mol. The maximum absolute atomic E-state index is 11.4. The molecule has 0 atom stereocenters. The number of primary amides is 1. The molecule has 0 bridgehead atoms. The van der Waals surface area contributed by atoms with E-state index in [0.717, 1.165) is 16.5 Å². The Hall–Kier alpha value is -2.30. The topological polar surface area (TPSA) is 68.3 Å². The van der Waals surface area contributed by atoms with E-state index >= 15 is 0 Å². The maximum atomic E-state index is 11.4. The second kappa shape index (κ2) is 4.52. The number of rotatable bonds is 2. The molecule has 5 nitrogen and oxygen atoms in total. The van der Waals surface area contributed by atoms with Crippen LogP contribution in [0.3, 0.4) is 0 Å². The number of benzene rings is 1. The van der Waals surface area contributed by atoms with E-state index in [1.807, 2.05) is 42.1 Å². The van der Waals surface area contributed by atoms with Gasteiger partial charge >= 0.3 is 11.8 Å². The summed E-state index contributed by atoms with van der Waals surface area (Å²) in [5.74, 6) is -1.61. The van der Waals surface area contributed by atoms with E-state index in [0.29, 0.717) is 6.54 Å². The van der Waals surface area contributed by atoms with Crippen LogP contribution in [-0.4, -0.2) is 28.3 Å². The number of nitrogens with two attached hydrogens (primary N) is 1. The summed E-state index contributed by atoms with van der Waals surface area (Å²) in [7, 11) is 3.51. The summed E-state index contributed by atoms with van der Waals surface area (Å²) < 4.78 is 1.99. The molecule has 2 rings (SSSR count). The lowest BCUT2D eigenvalue weighted by atomic mass is 10.1. The van der Waals surface area contributed by atoms with Crippen molar-refractivity contribution in [1.29, 1.82) is 0 Å². The van der Waals surface area contributed by atoms with E-state index < -0.39 is 11.8 Å². The molecule has 2 N–H and O–H groups in total. The molecule has 0 aliphatic rings. The van der Waals surface area contributed by atoms with E-state index in [-0.39, 0.29) is 0 Å². The van der Waals surface area contributed by atoms with Gasteiger partial charge in [0.15, 0.2) is 0 Å². The molecule has 0 aliphatic carbocycles. The number of nitrogens with zero attached hydrogens (tertiary/aromatic N) is 2. The Morgan fingerprint density at radius 3 is 2.67 bits per heavy atom. The van der Waals surface area contributed by atoms with Crippen LogP contribution in [-0.2, 0) is 23.2 Å². The van der Waals surface area contributed by atoms with Crippen molar-refractivity contribution in [2.45, 2.75) is 6.54 Å². The third-order valence-corrected chi connectivity index (χ3v) is 2.94. The smallest absolute Gasteiger partial charge is 0.311 e. The molecule has 0 spiro atoms. The fourth-order valence-corrected chi connectivity index (χ4v) is 2.07. The lowest BCUT2D eigenvalue weighted by Crippen LogP contribution is -2.37. The number of carbonyl (C=O) groups excluding carboxylic acids is 2. The van der Waals surface area contributed by atoms with Crippen LogP contribution >= 0.6 is 0 Å². The Labute approximate surface area is 105 Å². The largest absolute Gasteiger partial charge is 0.361 e. The Bertz CT molecular complexity index is 616. The van der Waals surface area contributed by atoms with Gasteiger partial charge in [-0.05, 0) is 11.6 Å². The van der Waals surface area contributed by atoms with Gasteiger partial charge in [0, 0.05) is 37.7 Å². The number of amides is 2. The third kappa shape index (κ3) is 2.07. The van der Waals surface area contributed by atoms with Gasteiger partial charge in [0.2, 0.25) is 0 Å². The number of likely N-dealkylation sites (N-methyl/N-ethyl adjacent to an activating group) is 1. The summed E-state index contributed by atoms with van der Waals surface area (Å²) in [6, 6.07) is 7.91. The number of hydrogen-bond acceptors (Lipinski definition) is 2. The maximum Gasteiger partial charge on any atom is 0.311 e. The molecule has 1 aromatic carbocycles. The van der Waals surface area contributed by atoms with Crippen molar-refractivity contribution >= 4 is 22.7 Å². The minimum atomic E-state index is -0.933. The van der Waals surface area contributed by atoms with Crippen LogP contribution in [0.5, 0.6) is 0 Å². The van der Waals surface area contributed by atoms with Crippen LogP contribution < -0.4 is 5.73 Å². The molecule has 0 aliphatic heterocycles. The zero-order valence-electron chi connectivity index (χ0n) is 10.4. The highest BCUT2D eigenvalue weighted by Gasteiger charge is 2.16. The van der Waals surface area contributed by atoms with Crippen LogP contribution in [0.4, 0.5) is 0 Å². The zero-order chi connectivity index (χ0) is 13.3. The summed E-state index contributed by atoms with van der Waals surface area (Å²) >= 11 is 0. The first kappa shape index (κ1) is 12.2. The first-order valence-electron chi connectivity index (χ1n) is 5.58. The average molecular weight is 245 g/mol. The number of fused-ring (bicyclic) bond motifs is 1. The number of carbonyl (C=O) groups is 2. The SMILES string of the molecule is CN(Cc1cn(C)c2ccccc12)C(=O)C(N)=O. The van der Waals surface area contributed by atoms with Crippen molar-refractivity contribution in [2.75, 3.05) is 7.05 Å². The highest BCUT2D eigenvalue weighted by atomic mass is 16.2. The van der Waals surface area contributed by atoms with Crippen LogP contribution in [0, 0.1) is 0 Å². The predicted molar refractivity (Wildman–Crippen MR) is 68.6 cm³/mol. The molecule has 0 saturated heterocycles. The molecular formula is C13H15N3O2. The summed E-state index contributed by atoms with van der Waals surface area (Å²) in [5.41, 5.74) is 7.05. The van der Waals surface area contributed by atoms with Crippen LogP contribution in [0.25, 0.3) is 10.9 Å². The summed E-state index contributed by atoms with van der Waals surface area (Å²) in [5, 5.41) is 1.07. The van der Waals surface area contributed by atoms with Gasteiger partial charge in [-0.1, -0.05) is 18.2 Å². The van der Waals surface area contributed by atoms with Gasteiger partial charge in [-0.3, -0.25) is 9.59 Å². The van der Waals surface area contributed by atoms with E-state index in [4.69, 9.17) is 5.73 Å². The van der Waals surface area contributed by atoms with Gasteiger partial charge in [-0.15, -0.1) is 0 Å². The van der Waals surface area contributed by atoms with Crippen molar-refractivity contribution in [1.82, 2.24) is 9.47 Å². The Kier molecular flexibility index (Phi) is 3.06. The van der Waals surface area contributed by atoms with Crippen molar-refractivity contribution in [3.8, 4) is 0 Å². The highest BCUT2D eigenvalue weighted by Crippen LogP contribution is 2.21. The van der Waals surface area contributed by atoms with Crippen molar-refractivity contribution in [3.63, 3.8) is 0 Å². The normalized spacial score (nSPS) is 10.6. The first-order valence-corrected chi connectivity index (χ1v) is 5.58. The van der Waals surface area contributed by atoms with Crippen molar-refractivity contribution < 1.29 is 9.59 Å². The number of aromatic nitrogens is 1. The van der Waals surface area contributed by atoms with E-state index in [9.17, 15) is 9.59 Å². The lowest BCUT2D eigenvalue weighted by Gasteiger charge is -2.14. The average Bonchev–Trinajstić information content (AvgIpc) is 2.66. The number of aryl methyl sites for hydroxylation is 1. The minimum Gasteiger partial charge on any atom is -0.361 e. The van der Waals surface area contributed by atoms with Gasteiger partial charge in [-0.25, -0.2) is 0 Å². The molecule has 0 radical (unpaired) electrons. The fraction of sp³-hybridized carbons (Fsp3) is 0.231. The Morgan fingerprint density at radius 1 is 1.33 bits per heavy atom. The van der Waals surface area contributed by atoms with E-state index in [1.54, 1.807) is 7.05 Å². The summed E-state index contributed by atoms with van der Waals surface area (Å²) in [6.07, 6.45) is 1.95. The second-order valence-corrected chi connectivity index (χ2v) is 4.31. The molecule has 1 heterocycles. The van der Waals surface area contributed by atoms with Crippen LogP contribution in [0.1, 0.15) is 5.56 Å². The zero-order valence-corrected chi connectivity index (χ0v) is 10.4. The van der Waals surface area contributed by atoms with Gasteiger partial charge in [-0.2, -0.15) is 0 Å². The molecule has 2 amide bonds. The summed E-state index contributed by atoms with van der Waals surface area (Å²) in [6.45, 7) is 0.364. The van der Waals surface area contributed by atoms with Gasteiger partial charge in [0.05, 0.1) is 0 Å². The molecule has 0 fully saturated rings. The number of hydrogen-bond donors (Lipinski definition) is 1. The second-order valence-electron chi connectivity index (χ2n) is 4.31. The highest BCUT2D eigenvalue weighted by molar-refractivity contribution is 6.34. The van der Waals surface area contributed by atoms with Gasteiger partial charge in [0.25, 0.3) is 0 Å². The molecule has 0 unspecified atom stereocenters. The molecule has 0 saturated carbocycles. The third-order valence-electron chi connectivity index (χ3n) is 2.94. The van der Waals surface area contributed by atoms with Crippen molar-refractivity contribution in [2.24, 2.45) is 12.8 Å². The molecule has 1 aromatic heterocycles. The Balaban J connectivity index is 2.33. The predicted octanol–water partition coefficient (Wildman–Crippen LogP) is 0.622. The monoisotopic (exact) mass is 245 g/mol. The standard InChI is InChI=1S/C13H15N3O2/c1-15-7-9(8-16(2)13(18)12(14)17)10-5-3-4-6-11(10)15/h3-7H,8H2,1-2H3,(H2,14,17). The summed E-state index contributed by atoms with van der Waals surface area (Å²) in [4.78, 5) is 23.6. The van der Waals surface area contributed by atoms with E-state index in [1.165, 1.54) is 4.90 Å².